The molecule has 0 unspecified atom stereocenters. The molecule has 11 heteroatoms. The maximum atomic E-state index is 13.9. The van der Waals surface area contributed by atoms with Crippen LogP contribution < -0.4 is 29.1 Å². The summed E-state index contributed by atoms with van der Waals surface area (Å²) in [6, 6.07) is 11.8. The first-order chi connectivity index (χ1) is 20.7. The number of benzene rings is 2. The molecule has 43 heavy (non-hydrogen) atoms. The Morgan fingerprint density at radius 1 is 1.02 bits per heavy atom. The lowest BCUT2D eigenvalue weighted by Gasteiger charge is -2.25. The number of esters is 2. The van der Waals surface area contributed by atoms with Crippen molar-refractivity contribution in [2.45, 2.75) is 40.7 Å². The van der Waals surface area contributed by atoms with Crippen molar-refractivity contribution in [2.24, 2.45) is 10.9 Å². The topological polar surface area (TPSA) is 115 Å². The fraction of sp³-hybridized carbons (Fsp3) is 0.375. The molecule has 0 saturated carbocycles. The summed E-state index contributed by atoms with van der Waals surface area (Å²) in [6.07, 6.45) is 1.80. The van der Waals surface area contributed by atoms with Gasteiger partial charge in [-0.05, 0) is 68.2 Å². The third-order valence-electron chi connectivity index (χ3n) is 6.43. The highest BCUT2D eigenvalue weighted by atomic mass is 32.1. The summed E-state index contributed by atoms with van der Waals surface area (Å²) in [4.78, 5) is 43.9. The molecule has 0 fully saturated rings. The number of methoxy groups -OCH3 is 1. The van der Waals surface area contributed by atoms with Gasteiger partial charge in [0.05, 0.1) is 48.8 Å². The first kappa shape index (κ1) is 31.6. The van der Waals surface area contributed by atoms with Crippen LogP contribution in [0.2, 0.25) is 0 Å². The predicted molar refractivity (Wildman–Crippen MR) is 162 cm³/mol. The van der Waals surface area contributed by atoms with Gasteiger partial charge in [-0.1, -0.05) is 43.4 Å². The van der Waals surface area contributed by atoms with Crippen LogP contribution in [0.5, 0.6) is 17.2 Å². The van der Waals surface area contributed by atoms with Crippen LogP contribution in [0.15, 0.2) is 63.5 Å². The lowest BCUT2D eigenvalue weighted by atomic mass is 9.95. The number of nitrogens with zero attached hydrogens (tertiary/aromatic N) is 2. The fourth-order valence-corrected chi connectivity index (χ4v) is 5.51. The van der Waals surface area contributed by atoms with Gasteiger partial charge in [0.25, 0.3) is 5.56 Å². The van der Waals surface area contributed by atoms with E-state index in [0.29, 0.717) is 51.2 Å². The summed E-state index contributed by atoms with van der Waals surface area (Å²) in [7, 11) is 1.28. The summed E-state index contributed by atoms with van der Waals surface area (Å²) in [6.45, 7) is 10.2. The molecule has 0 aliphatic carbocycles. The van der Waals surface area contributed by atoms with Crippen LogP contribution in [-0.2, 0) is 19.1 Å². The highest BCUT2D eigenvalue weighted by Crippen LogP contribution is 2.36. The molecule has 0 saturated heterocycles. The highest BCUT2D eigenvalue weighted by molar-refractivity contribution is 7.07. The Bertz CT molecular complexity index is 1690. The lowest BCUT2D eigenvalue weighted by Crippen LogP contribution is -2.40. The molecule has 228 valence electrons. The van der Waals surface area contributed by atoms with Gasteiger partial charge in [0.15, 0.2) is 22.9 Å². The molecule has 4 rings (SSSR count). The molecule has 0 radical (unpaired) electrons. The number of fused-ring (bicyclic) bond motifs is 1. The third-order valence-corrected chi connectivity index (χ3v) is 7.42. The average Bonchev–Trinajstić information content (AvgIpc) is 3.29. The van der Waals surface area contributed by atoms with Crippen LogP contribution in [0.4, 0.5) is 0 Å². The molecule has 0 amide bonds. The van der Waals surface area contributed by atoms with E-state index in [1.165, 1.54) is 23.0 Å². The van der Waals surface area contributed by atoms with E-state index in [-0.39, 0.29) is 24.3 Å². The second kappa shape index (κ2) is 14.2. The van der Waals surface area contributed by atoms with E-state index in [2.05, 4.69) is 23.6 Å². The van der Waals surface area contributed by atoms with Crippen LogP contribution in [0.25, 0.3) is 6.08 Å². The molecular weight excluding hydrogens is 572 g/mol. The van der Waals surface area contributed by atoms with Crippen molar-refractivity contribution in [1.29, 1.82) is 0 Å². The van der Waals surface area contributed by atoms with Crippen molar-refractivity contribution >= 4 is 29.4 Å². The Kier molecular flexibility index (Phi) is 10.4. The Labute approximate surface area is 253 Å². The number of carbonyl (C=O) groups is 2. The van der Waals surface area contributed by atoms with Crippen molar-refractivity contribution in [3.8, 4) is 17.2 Å². The van der Waals surface area contributed by atoms with Crippen LogP contribution in [0, 0.1) is 5.92 Å². The van der Waals surface area contributed by atoms with E-state index < -0.39 is 18.0 Å². The van der Waals surface area contributed by atoms with Crippen molar-refractivity contribution in [3.05, 3.63) is 84.5 Å². The van der Waals surface area contributed by atoms with Gasteiger partial charge in [-0.15, -0.1) is 0 Å². The van der Waals surface area contributed by atoms with Gasteiger partial charge in [-0.3, -0.25) is 9.36 Å². The number of hydrogen-bond acceptors (Lipinski definition) is 10. The minimum absolute atomic E-state index is 0.161. The summed E-state index contributed by atoms with van der Waals surface area (Å²) in [5.41, 5.74) is 1.81. The van der Waals surface area contributed by atoms with Crippen molar-refractivity contribution in [2.75, 3.05) is 33.5 Å². The largest absolute Gasteiger partial charge is 0.493 e. The zero-order chi connectivity index (χ0) is 31.1. The number of thiazole rings is 1. The van der Waals surface area contributed by atoms with E-state index in [0.717, 1.165) is 11.3 Å². The monoisotopic (exact) mass is 608 g/mol. The molecule has 10 nitrogen and oxygen atoms in total. The molecule has 0 N–H and O–H groups in total. The van der Waals surface area contributed by atoms with Crippen LogP contribution >= 0.6 is 11.3 Å². The average molecular weight is 609 g/mol. The predicted octanol–water partition coefficient (Wildman–Crippen LogP) is 3.78. The Balaban J connectivity index is 1.81. The number of ether oxygens (including phenoxy) is 5. The fourth-order valence-electron chi connectivity index (χ4n) is 4.46. The number of allylic oxidation sites excluding steroid dienone is 1. The van der Waals surface area contributed by atoms with Crippen molar-refractivity contribution < 1.29 is 33.3 Å². The molecule has 3 aromatic rings. The van der Waals surface area contributed by atoms with Crippen molar-refractivity contribution in [1.82, 2.24) is 4.57 Å². The van der Waals surface area contributed by atoms with E-state index in [1.807, 2.05) is 31.2 Å². The summed E-state index contributed by atoms with van der Waals surface area (Å²) >= 11 is 1.24. The highest BCUT2D eigenvalue weighted by Gasteiger charge is 2.34. The van der Waals surface area contributed by atoms with Gasteiger partial charge in [0, 0.05) is 0 Å². The second-order valence-corrected chi connectivity index (χ2v) is 11.1. The minimum Gasteiger partial charge on any atom is -0.493 e. The van der Waals surface area contributed by atoms with E-state index in [1.54, 1.807) is 38.1 Å². The number of rotatable bonds is 12. The first-order valence-corrected chi connectivity index (χ1v) is 14.9. The van der Waals surface area contributed by atoms with Crippen LogP contribution in [0.1, 0.15) is 51.8 Å². The summed E-state index contributed by atoms with van der Waals surface area (Å²) in [5, 5.41) is 0. The molecule has 0 spiro atoms. The van der Waals surface area contributed by atoms with Gasteiger partial charge < -0.3 is 23.7 Å². The van der Waals surface area contributed by atoms with Crippen LogP contribution in [0.3, 0.4) is 0 Å². The van der Waals surface area contributed by atoms with Gasteiger partial charge in [-0.2, -0.15) is 0 Å². The zero-order valence-corrected chi connectivity index (χ0v) is 26.0. The Morgan fingerprint density at radius 2 is 1.77 bits per heavy atom. The normalized spacial score (nSPS) is 14.7. The molecule has 2 heterocycles. The van der Waals surface area contributed by atoms with Gasteiger partial charge >= 0.3 is 11.9 Å². The quantitative estimate of drug-likeness (QED) is 0.286. The minimum atomic E-state index is -0.835. The van der Waals surface area contributed by atoms with Crippen molar-refractivity contribution in [3.63, 3.8) is 0 Å². The zero-order valence-electron chi connectivity index (χ0n) is 25.2. The summed E-state index contributed by atoms with van der Waals surface area (Å²) < 4.78 is 29.2. The lowest BCUT2D eigenvalue weighted by molar-refractivity contribution is -0.143. The SMILES string of the molecule is CCOC(=O)C1=C(C)N=c2s/c(=C\c3ccc(OCC(C)C)cc3)c(=O)n2[C@H]1c1ccc(OCC(=O)OC)c(OCC)c1. The second-order valence-electron chi connectivity index (χ2n) is 10.1. The standard InChI is InChI=1S/C32H36N2O8S/c1-7-39-25-16-22(11-14-24(25)42-18-27(35)38-6)29-28(31(37)40-8-2)20(5)33-32-34(29)30(36)26(43-32)15-21-9-12-23(13-10-21)41-17-19(3)4/h9-16,19,29H,7-8,17-18H2,1-6H3/b26-15-/t29-/m0/s1. The van der Waals surface area contributed by atoms with E-state index in [9.17, 15) is 14.4 Å². The third kappa shape index (κ3) is 7.34. The molecule has 0 bridgehead atoms. The Hall–Kier alpha value is -4.38. The summed E-state index contributed by atoms with van der Waals surface area (Å²) in [5.74, 6) is 0.728. The van der Waals surface area contributed by atoms with Gasteiger partial charge in [0.2, 0.25) is 0 Å². The Morgan fingerprint density at radius 3 is 2.42 bits per heavy atom. The first-order valence-electron chi connectivity index (χ1n) is 14.1. The number of hydrogen-bond donors (Lipinski definition) is 0. The maximum Gasteiger partial charge on any atom is 0.343 e. The molecule has 2 aromatic carbocycles. The molecule has 1 aliphatic heterocycles. The van der Waals surface area contributed by atoms with Gasteiger partial charge in [0.1, 0.15) is 5.75 Å². The molecule has 1 aliphatic rings. The van der Waals surface area contributed by atoms with E-state index in [4.69, 9.17) is 18.9 Å². The number of carbonyl (C=O) groups excluding carboxylic acids is 2. The molecule has 1 aromatic heterocycles. The molecular formula is C32H36N2O8S. The maximum absolute atomic E-state index is 13.9. The van der Waals surface area contributed by atoms with Crippen LogP contribution in [-0.4, -0.2) is 50.0 Å². The molecule has 1 atom stereocenters. The van der Waals surface area contributed by atoms with Gasteiger partial charge in [-0.25, -0.2) is 14.6 Å². The van der Waals surface area contributed by atoms with E-state index >= 15 is 0 Å². The smallest absolute Gasteiger partial charge is 0.343 e. The number of aromatic nitrogens is 1.